The van der Waals surface area contributed by atoms with Crippen molar-refractivity contribution in [3.05, 3.63) is 60.2 Å². The molecule has 9 nitrogen and oxygen atoms in total. The molecule has 5 rings (SSSR count). The van der Waals surface area contributed by atoms with E-state index in [0.29, 0.717) is 17.0 Å². The van der Waals surface area contributed by atoms with E-state index in [1.54, 1.807) is 48.3 Å². The van der Waals surface area contributed by atoms with Crippen LogP contribution < -0.4 is 10.1 Å². The van der Waals surface area contributed by atoms with E-state index in [-0.39, 0.29) is 22.6 Å². The van der Waals surface area contributed by atoms with E-state index < -0.39 is 14.6 Å². The number of pyridine rings is 1. The van der Waals surface area contributed by atoms with Crippen LogP contribution in [0.1, 0.15) is 49.5 Å². The molecule has 4 aromatic rings. The van der Waals surface area contributed by atoms with Gasteiger partial charge in [0, 0.05) is 35.6 Å². The molecule has 36 heavy (non-hydrogen) atoms. The number of methoxy groups -OCH3 is 1. The number of aryl methyl sites for hydroxylation is 1. The van der Waals surface area contributed by atoms with Crippen LogP contribution in [0.25, 0.3) is 22.6 Å². The molecule has 1 aliphatic rings. The lowest BCUT2D eigenvalue weighted by Gasteiger charge is -2.21. The smallest absolute Gasteiger partial charge is 0.251 e. The molecule has 1 N–H and O–H groups in total. The molecule has 0 bridgehead atoms. The van der Waals surface area contributed by atoms with Gasteiger partial charge in [-0.2, -0.15) is 5.10 Å². The SMILES string of the molecule is COc1cc2ncc(-n3cc(-c4cc(C(=O)NC5CC5)ccc4C)cn3)n2cc1S(=O)(=O)C(C)(C)C. The molecule has 0 radical (unpaired) electrons. The molecule has 0 atom stereocenters. The fraction of sp³-hybridized carbons (Fsp3) is 0.346. The summed E-state index contributed by atoms with van der Waals surface area (Å²) in [5.41, 5.74) is 3.88. The Kier molecular flexibility index (Phi) is 5.66. The topological polar surface area (TPSA) is 108 Å². The predicted octanol–water partition coefficient (Wildman–Crippen LogP) is 3.97. The molecule has 1 fully saturated rings. The zero-order valence-corrected chi connectivity index (χ0v) is 21.8. The van der Waals surface area contributed by atoms with Crippen molar-refractivity contribution >= 4 is 21.4 Å². The molecule has 3 aromatic heterocycles. The summed E-state index contributed by atoms with van der Waals surface area (Å²) in [4.78, 5) is 17.1. The number of hydrogen-bond donors (Lipinski definition) is 1. The minimum absolute atomic E-state index is 0.0746. The Hall–Kier alpha value is -3.66. The quantitative estimate of drug-likeness (QED) is 0.423. The Balaban J connectivity index is 1.56. The first-order valence-corrected chi connectivity index (χ1v) is 13.2. The van der Waals surface area contributed by atoms with Gasteiger partial charge >= 0.3 is 0 Å². The zero-order chi connectivity index (χ0) is 25.8. The van der Waals surface area contributed by atoms with Gasteiger partial charge in [0.05, 0.1) is 24.3 Å². The number of imidazole rings is 1. The number of sulfone groups is 1. The maximum Gasteiger partial charge on any atom is 0.251 e. The minimum Gasteiger partial charge on any atom is -0.495 e. The fourth-order valence-electron chi connectivity index (χ4n) is 3.99. The van der Waals surface area contributed by atoms with Gasteiger partial charge < -0.3 is 10.1 Å². The van der Waals surface area contributed by atoms with Crippen molar-refractivity contribution in [2.45, 2.75) is 56.2 Å². The van der Waals surface area contributed by atoms with Crippen LogP contribution in [0.2, 0.25) is 0 Å². The van der Waals surface area contributed by atoms with E-state index in [4.69, 9.17) is 4.74 Å². The molecule has 3 heterocycles. The van der Waals surface area contributed by atoms with Gasteiger partial charge in [-0.1, -0.05) is 6.07 Å². The molecule has 10 heteroatoms. The van der Waals surface area contributed by atoms with E-state index >= 15 is 0 Å². The summed E-state index contributed by atoms with van der Waals surface area (Å²) in [5.74, 6) is 0.742. The highest BCUT2D eigenvalue weighted by Crippen LogP contribution is 2.34. The van der Waals surface area contributed by atoms with Crippen LogP contribution in [-0.2, 0) is 9.84 Å². The normalized spacial score (nSPS) is 14.2. The zero-order valence-electron chi connectivity index (χ0n) is 20.9. The van der Waals surface area contributed by atoms with Crippen LogP contribution in [0.4, 0.5) is 0 Å². The van der Waals surface area contributed by atoms with Crippen LogP contribution in [0.15, 0.2) is 53.9 Å². The van der Waals surface area contributed by atoms with Crippen LogP contribution in [0, 0.1) is 6.92 Å². The molecular formula is C26H29N5O4S. The van der Waals surface area contributed by atoms with E-state index in [1.807, 2.05) is 31.3 Å². The summed E-state index contributed by atoms with van der Waals surface area (Å²) < 4.78 is 34.2. The lowest BCUT2D eigenvalue weighted by Crippen LogP contribution is -2.28. The third-order valence-corrected chi connectivity index (χ3v) is 8.91. The number of fused-ring (bicyclic) bond motifs is 1. The van der Waals surface area contributed by atoms with Crippen LogP contribution in [0.5, 0.6) is 5.75 Å². The van der Waals surface area contributed by atoms with E-state index in [9.17, 15) is 13.2 Å². The van der Waals surface area contributed by atoms with E-state index in [0.717, 1.165) is 29.5 Å². The number of carbonyl (C=O) groups is 1. The lowest BCUT2D eigenvalue weighted by atomic mass is 10.0. The maximum absolute atomic E-state index is 13.3. The van der Waals surface area contributed by atoms with Gasteiger partial charge in [-0.25, -0.2) is 18.1 Å². The molecule has 1 saturated carbocycles. The number of nitrogens with zero attached hydrogens (tertiary/aromatic N) is 4. The largest absolute Gasteiger partial charge is 0.495 e. The molecule has 0 spiro atoms. The minimum atomic E-state index is -3.69. The van der Waals surface area contributed by atoms with Crippen LogP contribution in [-0.4, -0.2) is 51.4 Å². The second kappa shape index (κ2) is 8.48. The number of carbonyl (C=O) groups excluding carboxylic acids is 1. The summed E-state index contributed by atoms with van der Waals surface area (Å²) in [6.45, 7) is 6.95. The second-order valence-corrected chi connectivity index (χ2v) is 12.8. The molecule has 1 aliphatic carbocycles. The lowest BCUT2D eigenvalue weighted by molar-refractivity contribution is 0.0951. The third-order valence-electron chi connectivity index (χ3n) is 6.41. The molecule has 1 aromatic carbocycles. The van der Waals surface area contributed by atoms with Crippen molar-refractivity contribution in [1.29, 1.82) is 0 Å². The first-order valence-electron chi connectivity index (χ1n) is 11.8. The Morgan fingerprint density at radius 1 is 1.14 bits per heavy atom. The fourth-order valence-corrected chi connectivity index (χ4v) is 5.30. The number of nitrogens with one attached hydrogen (secondary N) is 1. The van der Waals surface area contributed by atoms with Crippen molar-refractivity contribution in [2.75, 3.05) is 7.11 Å². The van der Waals surface area contributed by atoms with E-state index in [1.165, 1.54) is 13.3 Å². The standard InChI is InChI=1S/C26H29N5O4S/c1-16-6-7-17(25(32)29-19-8-9-19)10-20(16)18-12-28-31(14-18)24-13-27-23-11-21(35-5)22(15-30(23)24)36(33,34)26(2,3)4/h6-7,10-15,19H,8-9H2,1-5H3,(H,29,32). The van der Waals surface area contributed by atoms with Gasteiger partial charge in [0.1, 0.15) is 16.3 Å². The molecular weight excluding hydrogens is 478 g/mol. The average Bonchev–Trinajstić information content (AvgIpc) is 3.34. The highest BCUT2D eigenvalue weighted by Gasteiger charge is 2.34. The first-order chi connectivity index (χ1) is 17.0. The van der Waals surface area contributed by atoms with Crippen LogP contribution >= 0.6 is 0 Å². The van der Waals surface area contributed by atoms with Crippen LogP contribution in [0.3, 0.4) is 0 Å². The second-order valence-electron chi connectivity index (χ2n) is 10.1. The number of ether oxygens (including phenoxy) is 1. The number of hydrogen-bond acceptors (Lipinski definition) is 6. The summed E-state index contributed by atoms with van der Waals surface area (Å²) in [7, 11) is -2.25. The predicted molar refractivity (Wildman–Crippen MR) is 136 cm³/mol. The van der Waals surface area contributed by atoms with Crippen molar-refractivity contribution < 1.29 is 17.9 Å². The summed E-state index contributed by atoms with van der Waals surface area (Å²) in [5, 5.41) is 7.54. The number of benzene rings is 1. The van der Waals surface area contributed by atoms with Gasteiger partial charge in [0.15, 0.2) is 15.7 Å². The molecule has 0 aliphatic heterocycles. The average molecular weight is 508 g/mol. The van der Waals surface area contributed by atoms with Crippen molar-refractivity contribution in [1.82, 2.24) is 24.5 Å². The monoisotopic (exact) mass is 507 g/mol. The molecule has 188 valence electrons. The number of amides is 1. The first kappa shape index (κ1) is 24.1. The van der Waals surface area contributed by atoms with Crippen molar-refractivity contribution in [3.8, 4) is 22.7 Å². The maximum atomic E-state index is 13.3. The summed E-state index contributed by atoms with van der Waals surface area (Å²) in [6, 6.07) is 7.53. The highest BCUT2D eigenvalue weighted by atomic mass is 32.2. The third kappa shape index (κ3) is 4.15. The summed E-state index contributed by atoms with van der Waals surface area (Å²) in [6.07, 6.45) is 8.79. The Morgan fingerprint density at radius 3 is 2.56 bits per heavy atom. The van der Waals surface area contributed by atoms with Gasteiger partial charge in [-0.05, 0) is 63.8 Å². The van der Waals surface area contributed by atoms with Crippen molar-refractivity contribution in [2.24, 2.45) is 0 Å². The molecule has 0 unspecified atom stereocenters. The Bertz CT molecular complexity index is 1590. The molecule has 0 saturated heterocycles. The van der Waals surface area contributed by atoms with Gasteiger partial charge in [-0.15, -0.1) is 0 Å². The molecule has 1 amide bonds. The highest BCUT2D eigenvalue weighted by molar-refractivity contribution is 7.92. The Morgan fingerprint density at radius 2 is 1.89 bits per heavy atom. The number of aromatic nitrogens is 4. The van der Waals surface area contributed by atoms with Gasteiger partial charge in [0.2, 0.25) is 0 Å². The summed E-state index contributed by atoms with van der Waals surface area (Å²) >= 11 is 0. The van der Waals surface area contributed by atoms with Gasteiger partial charge in [-0.3, -0.25) is 9.20 Å². The Labute approximate surface area is 210 Å². The number of rotatable bonds is 6. The van der Waals surface area contributed by atoms with Gasteiger partial charge in [0.25, 0.3) is 5.91 Å². The van der Waals surface area contributed by atoms with Crippen molar-refractivity contribution in [3.63, 3.8) is 0 Å². The van der Waals surface area contributed by atoms with E-state index in [2.05, 4.69) is 15.4 Å².